The maximum absolute atomic E-state index is 11.9. The van der Waals surface area contributed by atoms with Crippen molar-refractivity contribution in [1.82, 2.24) is 10.2 Å². The van der Waals surface area contributed by atoms with Gasteiger partial charge in [0.05, 0.1) is 15.6 Å². The Balaban J connectivity index is 2.62. The van der Waals surface area contributed by atoms with Crippen LogP contribution in [0.4, 0.5) is 0 Å². The fourth-order valence-electron chi connectivity index (χ4n) is 1.75. The normalized spacial score (nSPS) is 14.3. The number of rotatable bonds is 5. The van der Waals surface area contributed by atoms with Gasteiger partial charge in [-0.2, -0.15) is 0 Å². The predicted molar refractivity (Wildman–Crippen MR) is 78.0 cm³/mol. The number of nitrogens with zero attached hydrogens (tertiary/aromatic N) is 1. The number of likely N-dealkylation sites (N-methyl/N-ethyl adjacent to an activating group) is 1. The molecule has 19 heavy (non-hydrogen) atoms. The second-order valence-corrected chi connectivity index (χ2v) is 5.86. The van der Waals surface area contributed by atoms with E-state index in [4.69, 9.17) is 23.2 Å². The minimum absolute atomic E-state index is 0.157. The number of hydrogen-bond donors (Lipinski definition) is 2. The van der Waals surface area contributed by atoms with Crippen LogP contribution in [-0.4, -0.2) is 48.7 Å². The van der Waals surface area contributed by atoms with E-state index in [-0.39, 0.29) is 12.5 Å². The number of aliphatic hydroxyl groups is 1. The van der Waals surface area contributed by atoms with Crippen LogP contribution >= 0.6 is 23.2 Å². The molecule has 4 nitrogen and oxygen atoms in total. The molecule has 0 fully saturated rings. The van der Waals surface area contributed by atoms with E-state index in [1.54, 1.807) is 19.1 Å². The highest BCUT2D eigenvalue weighted by Crippen LogP contribution is 2.22. The molecule has 0 aliphatic rings. The monoisotopic (exact) mass is 304 g/mol. The summed E-state index contributed by atoms with van der Waals surface area (Å²) >= 11 is 11.6. The molecule has 0 saturated carbocycles. The van der Waals surface area contributed by atoms with Gasteiger partial charge in [0.25, 0.3) is 5.91 Å². The third-order valence-electron chi connectivity index (χ3n) is 2.47. The molecule has 0 aliphatic carbocycles. The average molecular weight is 305 g/mol. The van der Waals surface area contributed by atoms with Gasteiger partial charge in [-0.25, -0.2) is 0 Å². The smallest absolute Gasteiger partial charge is 0.251 e. The van der Waals surface area contributed by atoms with E-state index >= 15 is 0 Å². The number of benzene rings is 1. The zero-order chi connectivity index (χ0) is 14.6. The van der Waals surface area contributed by atoms with Gasteiger partial charge in [0.2, 0.25) is 0 Å². The molecule has 1 unspecified atom stereocenters. The van der Waals surface area contributed by atoms with E-state index in [1.807, 2.05) is 19.0 Å². The van der Waals surface area contributed by atoms with Crippen LogP contribution in [0.3, 0.4) is 0 Å². The Labute approximate surface area is 123 Å². The topological polar surface area (TPSA) is 52.6 Å². The fourth-order valence-corrected chi connectivity index (χ4v) is 2.05. The summed E-state index contributed by atoms with van der Waals surface area (Å²) in [5.74, 6) is -0.294. The van der Waals surface area contributed by atoms with Gasteiger partial charge < -0.3 is 15.3 Å². The van der Waals surface area contributed by atoms with Crippen LogP contribution in [0.15, 0.2) is 18.2 Å². The second kappa shape index (κ2) is 6.57. The maximum atomic E-state index is 11.9. The van der Waals surface area contributed by atoms with Crippen LogP contribution < -0.4 is 5.32 Å². The van der Waals surface area contributed by atoms with Crippen molar-refractivity contribution in [2.45, 2.75) is 12.5 Å². The third-order valence-corrected chi connectivity index (χ3v) is 3.21. The molecule has 0 bridgehead atoms. The van der Waals surface area contributed by atoms with Gasteiger partial charge in [0.1, 0.15) is 0 Å². The number of amides is 1. The summed E-state index contributed by atoms with van der Waals surface area (Å²) in [6, 6.07) is 4.65. The van der Waals surface area contributed by atoms with Gasteiger partial charge in [0.15, 0.2) is 0 Å². The van der Waals surface area contributed by atoms with Gasteiger partial charge in [-0.1, -0.05) is 23.2 Å². The Morgan fingerprint density at radius 3 is 2.53 bits per heavy atom. The first kappa shape index (κ1) is 16.2. The summed E-state index contributed by atoms with van der Waals surface area (Å²) in [6.45, 7) is 2.28. The van der Waals surface area contributed by atoms with Gasteiger partial charge in [0, 0.05) is 18.7 Å². The Bertz CT molecular complexity index is 462. The summed E-state index contributed by atoms with van der Waals surface area (Å²) < 4.78 is 0. The maximum Gasteiger partial charge on any atom is 0.251 e. The molecule has 1 aromatic rings. The van der Waals surface area contributed by atoms with Crippen molar-refractivity contribution in [2.24, 2.45) is 0 Å². The van der Waals surface area contributed by atoms with Crippen molar-refractivity contribution >= 4 is 29.1 Å². The molecule has 1 aromatic carbocycles. The summed E-state index contributed by atoms with van der Waals surface area (Å²) in [5, 5.41) is 13.5. The minimum Gasteiger partial charge on any atom is -0.387 e. The van der Waals surface area contributed by atoms with Crippen molar-refractivity contribution in [2.75, 3.05) is 27.2 Å². The van der Waals surface area contributed by atoms with E-state index < -0.39 is 5.60 Å². The number of hydrogen-bond acceptors (Lipinski definition) is 3. The average Bonchev–Trinajstić information content (AvgIpc) is 2.28. The summed E-state index contributed by atoms with van der Waals surface area (Å²) in [7, 11) is 3.71. The molecule has 6 heteroatoms. The van der Waals surface area contributed by atoms with E-state index in [1.165, 1.54) is 6.07 Å². The summed E-state index contributed by atoms with van der Waals surface area (Å²) in [5.41, 5.74) is -0.579. The molecule has 1 amide bonds. The highest BCUT2D eigenvalue weighted by Gasteiger charge is 2.22. The quantitative estimate of drug-likeness (QED) is 0.875. The lowest BCUT2D eigenvalue weighted by Crippen LogP contribution is -2.47. The predicted octanol–water partition coefficient (Wildman–Crippen LogP) is 2.04. The largest absolute Gasteiger partial charge is 0.387 e. The van der Waals surface area contributed by atoms with Gasteiger partial charge >= 0.3 is 0 Å². The van der Waals surface area contributed by atoms with Crippen molar-refractivity contribution in [1.29, 1.82) is 0 Å². The molecule has 0 heterocycles. The first-order valence-corrected chi connectivity index (χ1v) is 6.57. The molecule has 1 atom stereocenters. The van der Waals surface area contributed by atoms with Crippen molar-refractivity contribution in [3.8, 4) is 0 Å². The van der Waals surface area contributed by atoms with Crippen molar-refractivity contribution in [3.63, 3.8) is 0 Å². The van der Waals surface area contributed by atoms with E-state index in [2.05, 4.69) is 5.32 Å². The Morgan fingerprint density at radius 1 is 1.37 bits per heavy atom. The van der Waals surface area contributed by atoms with Crippen LogP contribution in [0.1, 0.15) is 17.3 Å². The zero-order valence-electron chi connectivity index (χ0n) is 11.2. The standard InChI is InChI=1S/C13H18Cl2N2O2/c1-13(19,8-17(2)3)7-16-12(18)9-4-5-10(14)11(15)6-9/h4-6,19H,7-8H2,1-3H3,(H,16,18). The number of halogens is 2. The van der Waals surface area contributed by atoms with E-state index in [9.17, 15) is 9.90 Å². The first-order valence-electron chi connectivity index (χ1n) is 5.82. The van der Waals surface area contributed by atoms with Crippen LogP contribution in [0.2, 0.25) is 10.0 Å². The fraction of sp³-hybridized carbons (Fsp3) is 0.462. The third kappa shape index (κ3) is 5.37. The SMILES string of the molecule is CN(C)CC(C)(O)CNC(=O)c1ccc(Cl)c(Cl)c1. The number of carbonyl (C=O) groups is 1. The lowest BCUT2D eigenvalue weighted by Gasteiger charge is -2.27. The van der Waals surface area contributed by atoms with Gasteiger partial charge in [-0.15, -0.1) is 0 Å². The van der Waals surface area contributed by atoms with Crippen LogP contribution in [0.5, 0.6) is 0 Å². The summed E-state index contributed by atoms with van der Waals surface area (Å²) in [6.07, 6.45) is 0. The minimum atomic E-state index is -0.991. The van der Waals surface area contributed by atoms with Crippen molar-refractivity contribution in [3.05, 3.63) is 33.8 Å². The molecule has 0 aromatic heterocycles. The lowest BCUT2D eigenvalue weighted by molar-refractivity contribution is 0.0326. The van der Waals surface area contributed by atoms with Gasteiger partial charge in [-0.3, -0.25) is 4.79 Å². The first-order chi connectivity index (χ1) is 8.71. The molecule has 1 rings (SSSR count). The van der Waals surface area contributed by atoms with Crippen molar-refractivity contribution < 1.29 is 9.90 Å². The molecular formula is C13H18Cl2N2O2. The zero-order valence-corrected chi connectivity index (χ0v) is 12.7. The summed E-state index contributed by atoms with van der Waals surface area (Å²) in [4.78, 5) is 13.8. The van der Waals surface area contributed by atoms with Crippen LogP contribution in [0.25, 0.3) is 0 Å². The molecule has 0 aliphatic heterocycles. The molecule has 2 N–H and O–H groups in total. The molecule has 0 saturated heterocycles. The Hall–Kier alpha value is -0.810. The van der Waals surface area contributed by atoms with Crippen LogP contribution in [-0.2, 0) is 0 Å². The highest BCUT2D eigenvalue weighted by atomic mass is 35.5. The van der Waals surface area contributed by atoms with Gasteiger partial charge in [-0.05, 0) is 39.2 Å². The highest BCUT2D eigenvalue weighted by molar-refractivity contribution is 6.42. The lowest BCUT2D eigenvalue weighted by atomic mass is 10.1. The Morgan fingerprint density at radius 2 is 2.00 bits per heavy atom. The second-order valence-electron chi connectivity index (χ2n) is 5.05. The molecule has 0 spiro atoms. The van der Waals surface area contributed by atoms with E-state index in [0.29, 0.717) is 22.2 Å². The molecular weight excluding hydrogens is 287 g/mol. The molecule has 106 valence electrons. The number of carbonyl (C=O) groups excluding carboxylic acids is 1. The van der Waals surface area contributed by atoms with Crippen LogP contribution in [0, 0.1) is 0 Å². The van der Waals surface area contributed by atoms with E-state index in [0.717, 1.165) is 0 Å². The molecule has 0 radical (unpaired) electrons. The number of nitrogens with one attached hydrogen (secondary N) is 1. The Kier molecular flexibility index (Phi) is 5.62.